The van der Waals surface area contributed by atoms with Crippen molar-refractivity contribution < 1.29 is 10.2 Å². The van der Waals surface area contributed by atoms with Gasteiger partial charge < -0.3 is 15.5 Å². The molecule has 8 nitrogen and oxygen atoms in total. The standard InChI is InChI=1S/C21H26N6O2S/c1-2-13-30-21-23-19(22-12-6-9-14-7-4-3-5-8-14)17-20(24-21)27(26-25-17)15-10-11-16(28)18(15)29/h3-9,15-16,18,28-29H,2,10-13H2,1H3,(H,22,23,24)/t15-,16-,18+/m1/s1. The van der Waals surface area contributed by atoms with E-state index in [0.29, 0.717) is 41.5 Å². The van der Waals surface area contributed by atoms with Crippen LogP contribution in [0.25, 0.3) is 17.2 Å². The molecule has 1 fully saturated rings. The highest BCUT2D eigenvalue weighted by Crippen LogP contribution is 2.33. The number of benzene rings is 1. The smallest absolute Gasteiger partial charge is 0.191 e. The van der Waals surface area contributed by atoms with Gasteiger partial charge in [-0.25, -0.2) is 14.6 Å². The van der Waals surface area contributed by atoms with E-state index < -0.39 is 12.2 Å². The summed E-state index contributed by atoms with van der Waals surface area (Å²) in [6.07, 6.45) is 4.64. The van der Waals surface area contributed by atoms with Gasteiger partial charge in [0.15, 0.2) is 22.1 Å². The quantitative estimate of drug-likeness (QED) is 0.373. The van der Waals surface area contributed by atoms with Crippen molar-refractivity contribution in [1.29, 1.82) is 0 Å². The Kier molecular flexibility index (Phi) is 6.61. The summed E-state index contributed by atoms with van der Waals surface area (Å²) in [7, 11) is 0. The minimum Gasteiger partial charge on any atom is -0.390 e. The molecule has 9 heteroatoms. The molecule has 30 heavy (non-hydrogen) atoms. The molecular weight excluding hydrogens is 400 g/mol. The zero-order valence-electron chi connectivity index (χ0n) is 16.8. The third-order valence-electron chi connectivity index (χ3n) is 5.10. The summed E-state index contributed by atoms with van der Waals surface area (Å²) in [5.74, 6) is 1.53. The molecule has 0 amide bonds. The molecule has 1 aliphatic carbocycles. The highest BCUT2D eigenvalue weighted by atomic mass is 32.2. The number of rotatable bonds is 8. The molecule has 1 aromatic carbocycles. The summed E-state index contributed by atoms with van der Waals surface area (Å²) in [6.45, 7) is 2.69. The maximum Gasteiger partial charge on any atom is 0.191 e. The van der Waals surface area contributed by atoms with E-state index >= 15 is 0 Å². The fourth-order valence-electron chi connectivity index (χ4n) is 3.54. The van der Waals surface area contributed by atoms with E-state index in [9.17, 15) is 10.2 Å². The topological polar surface area (TPSA) is 109 Å². The van der Waals surface area contributed by atoms with E-state index in [1.54, 1.807) is 16.4 Å². The van der Waals surface area contributed by atoms with E-state index in [-0.39, 0.29) is 6.04 Å². The Morgan fingerprint density at radius 2 is 2.03 bits per heavy atom. The molecule has 0 unspecified atom stereocenters. The number of nitrogens with zero attached hydrogens (tertiary/aromatic N) is 5. The highest BCUT2D eigenvalue weighted by molar-refractivity contribution is 7.99. The number of fused-ring (bicyclic) bond motifs is 1. The normalized spacial score (nSPS) is 21.6. The van der Waals surface area contributed by atoms with Crippen LogP contribution >= 0.6 is 11.8 Å². The number of aromatic nitrogens is 5. The van der Waals surface area contributed by atoms with Crippen molar-refractivity contribution >= 4 is 34.8 Å². The predicted molar refractivity (Wildman–Crippen MR) is 118 cm³/mol. The summed E-state index contributed by atoms with van der Waals surface area (Å²) in [6, 6.07) is 9.76. The molecule has 0 spiro atoms. The van der Waals surface area contributed by atoms with Crippen LogP contribution in [0.15, 0.2) is 41.6 Å². The first-order valence-electron chi connectivity index (χ1n) is 10.2. The number of anilines is 1. The van der Waals surface area contributed by atoms with Crippen LogP contribution in [0, 0.1) is 0 Å². The third-order valence-corrected chi connectivity index (χ3v) is 6.15. The second kappa shape index (κ2) is 9.55. The van der Waals surface area contributed by atoms with Gasteiger partial charge in [-0.1, -0.05) is 66.4 Å². The monoisotopic (exact) mass is 426 g/mol. The molecule has 0 radical (unpaired) electrons. The van der Waals surface area contributed by atoms with Crippen molar-refractivity contribution in [2.75, 3.05) is 17.6 Å². The summed E-state index contributed by atoms with van der Waals surface area (Å²) in [4.78, 5) is 9.29. The Labute approximate surface area is 179 Å². The second-order valence-corrected chi connectivity index (χ2v) is 8.37. The molecule has 1 aliphatic rings. The fourth-order valence-corrected chi connectivity index (χ4v) is 4.23. The Morgan fingerprint density at radius 3 is 2.77 bits per heavy atom. The largest absolute Gasteiger partial charge is 0.390 e. The van der Waals surface area contributed by atoms with Crippen molar-refractivity contribution in [2.45, 2.75) is 49.6 Å². The number of aliphatic hydroxyl groups excluding tert-OH is 2. The molecule has 3 aromatic rings. The minimum atomic E-state index is -0.873. The van der Waals surface area contributed by atoms with Gasteiger partial charge in [0, 0.05) is 12.3 Å². The summed E-state index contributed by atoms with van der Waals surface area (Å²) < 4.78 is 1.64. The molecule has 0 aliphatic heterocycles. The van der Waals surface area contributed by atoms with Gasteiger partial charge in [-0.05, 0) is 24.8 Å². The molecule has 0 saturated heterocycles. The molecule has 2 heterocycles. The van der Waals surface area contributed by atoms with Gasteiger partial charge in [0.05, 0.1) is 12.1 Å². The second-order valence-electron chi connectivity index (χ2n) is 7.31. The van der Waals surface area contributed by atoms with Crippen LogP contribution in [0.5, 0.6) is 0 Å². The molecular formula is C21H26N6O2S. The Morgan fingerprint density at radius 1 is 1.20 bits per heavy atom. The van der Waals surface area contributed by atoms with Gasteiger partial charge in [0.25, 0.3) is 0 Å². The van der Waals surface area contributed by atoms with Gasteiger partial charge in [0.1, 0.15) is 6.10 Å². The zero-order chi connectivity index (χ0) is 20.9. The van der Waals surface area contributed by atoms with Crippen LogP contribution in [0.4, 0.5) is 5.82 Å². The van der Waals surface area contributed by atoms with Gasteiger partial charge in [-0.2, -0.15) is 0 Å². The maximum absolute atomic E-state index is 10.3. The molecule has 158 valence electrons. The summed E-state index contributed by atoms with van der Waals surface area (Å²) in [5.41, 5.74) is 2.28. The molecule has 0 bridgehead atoms. The van der Waals surface area contributed by atoms with Crippen molar-refractivity contribution in [3.8, 4) is 0 Å². The number of thioether (sulfide) groups is 1. The van der Waals surface area contributed by atoms with E-state index in [2.05, 4.69) is 32.5 Å². The van der Waals surface area contributed by atoms with Gasteiger partial charge in [-0.15, -0.1) is 5.10 Å². The zero-order valence-corrected chi connectivity index (χ0v) is 17.7. The number of hydrogen-bond acceptors (Lipinski definition) is 8. The number of nitrogens with one attached hydrogen (secondary N) is 1. The van der Waals surface area contributed by atoms with E-state index in [1.165, 1.54) is 0 Å². The van der Waals surface area contributed by atoms with Crippen molar-refractivity contribution in [3.05, 3.63) is 42.0 Å². The van der Waals surface area contributed by atoms with Gasteiger partial charge >= 0.3 is 0 Å². The summed E-state index contributed by atoms with van der Waals surface area (Å²) in [5, 5.41) is 32.8. The van der Waals surface area contributed by atoms with E-state index in [4.69, 9.17) is 0 Å². The summed E-state index contributed by atoms with van der Waals surface area (Å²) >= 11 is 1.58. The van der Waals surface area contributed by atoms with Crippen molar-refractivity contribution in [3.63, 3.8) is 0 Å². The third kappa shape index (κ3) is 4.48. The molecule has 3 N–H and O–H groups in total. The lowest BCUT2D eigenvalue weighted by Gasteiger charge is -2.16. The Hall–Kier alpha value is -2.49. The molecule has 4 rings (SSSR count). The predicted octanol–water partition coefficient (Wildman–Crippen LogP) is 2.91. The first kappa shape index (κ1) is 20.8. The minimum absolute atomic E-state index is 0.338. The lowest BCUT2D eigenvalue weighted by atomic mass is 10.2. The van der Waals surface area contributed by atoms with Crippen LogP contribution in [0.3, 0.4) is 0 Å². The first-order chi connectivity index (χ1) is 14.7. The van der Waals surface area contributed by atoms with Crippen LogP contribution in [-0.2, 0) is 0 Å². The average molecular weight is 427 g/mol. The van der Waals surface area contributed by atoms with E-state index in [1.807, 2.05) is 42.5 Å². The molecule has 1 saturated carbocycles. The Balaban J connectivity index is 1.60. The van der Waals surface area contributed by atoms with Crippen molar-refractivity contribution in [1.82, 2.24) is 25.0 Å². The Bertz CT molecular complexity index is 1010. The van der Waals surface area contributed by atoms with E-state index in [0.717, 1.165) is 17.7 Å². The fraction of sp³-hybridized carbons (Fsp3) is 0.429. The SMILES string of the molecule is CCCSc1nc(NCC=Cc2ccccc2)c2nnn([C@@H]3CC[C@@H](O)[C@H]3O)c2n1. The van der Waals surface area contributed by atoms with Crippen LogP contribution in [-0.4, -0.2) is 59.7 Å². The molecule has 3 atom stereocenters. The maximum atomic E-state index is 10.3. The van der Waals surface area contributed by atoms with Crippen LogP contribution < -0.4 is 5.32 Å². The van der Waals surface area contributed by atoms with Crippen LogP contribution in [0.1, 0.15) is 37.8 Å². The molecule has 2 aromatic heterocycles. The van der Waals surface area contributed by atoms with Crippen LogP contribution in [0.2, 0.25) is 0 Å². The lowest BCUT2D eigenvalue weighted by Crippen LogP contribution is -2.28. The highest BCUT2D eigenvalue weighted by Gasteiger charge is 2.36. The number of hydrogen-bond donors (Lipinski definition) is 3. The number of aliphatic hydroxyl groups is 2. The lowest BCUT2D eigenvalue weighted by molar-refractivity contribution is 0.0215. The van der Waals surface area contributed by atoms with Crippen molar-refractivity contribution in [2.24, 2.45) is 0 Å². The average Bonchev–Trinajstić information content (AvgIpc) is 3.33. The van der Waals surface area contributed by atoms with Gasteiger partial charge in [0.2, 0.25) is 0 Å². The first-order valence-corrected chi connectivity index (χ1v) is 11.2. The van der Waals surface area contributed by atoms with Gasteiger partial charge in [-0.3, -0.25) is 0 Å².